The molecule has 0 aliphatic rings. The van der Waals surface area contributed by atoms with Crippen LogP contribution in [0.1, 0.15) is 0 Å². The van der Waals surface area contributed by atoms with Crippen molar-refractivity contribution in [1.29, 1.82) is 5.41 Å². The van der Waals surface area contributed by atoms with Crippen LogP contribution in [0.3, 0.4) is 0 Å². The first-order valence-electron chi connectivity index (χ1n) is 7.22. The predicted molar refractivity (Wildman–Crippen MR) is 88.3 cm³/mol. The number of aromatic nitrogens is 3. The molecule has 0 saturated carbocycles. The molecule has 0 aliphatic heterocycles. The number of fused-ring (bicyclic) bond motifs is 2. The lowest BCUT2D eigenvalue weighted by Gasteiger charge is -2.08. The van der Waals surface area contributed by atoms with Crippen molar-refractivity contribution in [2.75, 3.05) is 7.11 Å². The Labute approximate surface area is 132 Å². The molecule has 0 unspecified atom stereocenters. The lowest BCUT2D eigenvalue weighted by atomic mass is 10.1. The Morgan fingerprint density at radius 3 is 2.65 bits per heavy atom. The van der Waals surface area contributed by atoms with Crippen LogP contribution in [-0.4, -0.2) is 21.5 Å². The molecule has 0 amide bonds. The van der Waals surface area contributed by atoms with E-state index in [9.17, 15) is 0 Å². The molecule has 5 heteroatoms. The third kappa shape index (κ3) is 2.23. The summed E-state index contributed by atoms with van der Waals surface area (Å²) < 4.78 is 6.94. The number of hydrogen-bond donors (Lipinski definition) is 1. The van der Waals surface area contributed by atoms with Crippen LogP contribution in [0.5, 0.6) is 5.75 Å². The maximum Gasteiger partial charge on any atom is 0.165 e. The van der Waals surface area contributed by atoms with E-state index in [1.54, 1.807) is 30.0 Å². The van der Waals surface area contributed by atoms with Gasteiger partial charge in [0.05, 0.1) is 12.5 Å². The Hall–Kier alpha value is -3.21. The number of benzene rings is 1. The van der Waals surface area contributed by atoms with Gasteiger partial charge in [0.1, 0.15) is 16.9 Å². The van der Waals surface area contributed by atoms with Gasteiger partial charge < -0.3 is 4.74 Å². The second-order valence-corrected chi connectivity index (χ2v) is 5.22. The molecule has 0 spiro atoms. The molecule has 0 radical (unpaired) electrons. The molecule has 1 N–H and O–H groups in total. The molecular formula is C18H14N4O. The Morgan fingerprint density at radius 2 is 1.87 bits per heavy atom. The van der Waals surface area contributed by atoms with Gasteiger partial charge in [-0.15, -0.1) is 0 Å². The Bertz CT molecular complexity index is 1070. The van der Waals surface area contributed by atoms with Crippen molar-refractivity contribution in [2.45, 2.75) is 0 Å². The molecule has 5 nitrogen and oxygen atoms in total. The summed E-state index contributed by atoms with van der Waals surface area (Å²) in [5, 5.41) is 9.18. The summed E-state index contributed by atoms with van der Waals surface area (Å²) in [6.07, 6.45) is 3.58. The van der Waals surface area contributed by atoms with Crippen molar-refractivity contribution in [3.8, 4) is 16.9 Å². The van der Waals surface area contributed by atoms with E-state index in [0.717, 1.165) is 11.1 Å². The maximum atomic E-state index is 8.46. The van der Waals surface area contributed by atoms with Crippen LogP contribution in [-0.2, 0) is 0 Å². The smallest absolute Gasteiger partial charge is 0.165 e. The monoisotopic (exact) mass is 302 g/mol. The van der Waals surface area contributed by atoms with Crippen molar-refractivity contribution in [3.05, 3.63) is 66.4 Å². The predicted octanol–water partition coefficient (Wildman–Crippen LogP) is 3.04. The van der Waals surface area contributed by atoms with E-state index in [0.29, 0.717) is 27.9 Å². The minimum absolute atomic E-state index is 0.359. The number of methoxy groups -OCH3 is 1. The minimum atomic E-state index is 0.359. The van der Waals surface area contributed by atoms with E-state index in [-0.39, 0.29) is 0 Å². The van der Waals surface area contributed by atoms with Gasteiger partial charge in [0.2, 0.25) is 0 Å². The van der Waals surface area contributed by atoms with Crippen LogP contribution < -0.4 is 10.2 Å². The molecule has 112 valence electrons. The fourth-order valence-electron chi connectivity index (χ4n) is 2.62. The molecule has 1 aromatic carbocycles. The summed E-state index contributed by atoms with van der Waals surface area (Å²) in [6, 6.07) is 15.6. The van der Waals surface area contributed by atoms with Crippen LogP contribution in [0.25, 0.3) is 27.8 Å². The highest BCUT2D eigenvalue weighted by molar-refractivity contribution is 5.81. The number of pyridine rings is 2. The lowest BCUT2D eigenvalue weighted by molar-refractivity contribution is 0.414. The molecule has 3 heterocycles. The van der Waals surface area contributed by atoms with Gasteiger partial charge in [0, 0.05) is 24.0 Å². The van der Waals surface area contributed by atoms with E-state index in [2.05, 4.69) is 9.97 Å². The van der Waals surface area contributed by atoms with E-state index in [4.69, 9.17) is 10.1 Å². The summed E-state index contributed by atoms with van der Waals surface area (Å²) >= 11 is 0. The topological polar surface area (TPSA) is 63.3 Å². The molecular weight excluding hydrogens is 288 g/mol. The van der Waals surface area contributed by atoms with E-state index in [1.165, 1.54) is 0 Å². The Balaban J connectivity index is 2.00. The SMILES string of the molecule is COc1ccn2c(=N)c3cc(-c4ccccc4)cnc3nc2c1. The van der Waals surface area contributed by atoms with Gasteiger partial charge in [0.25, 0.3) is 0 Å². The molecule has 0 fully saturated rings. The Kier molecular flexibility index (Phi) is 3.05. The zero-order chi connectivity index (χ0) is 15.8. The van der Waals surface area contributed by atoms with Gasteiger partial charge in [0.15, 0.2) is 5.65 Å². The van der Waals surface area contributed by atoms with Gasteiger partial charge in [-0.25, -0.2) is 9.97 Å². The van der Waals surface area contributed by atoms with E-state index in [1.807, 2.05) is 42.5 Å². The first-order chi connectivity index (χ1) is 11.3. The molecule has 3 aromatic heterocycles. The van der Waals surface area contributed by atoms with E-state index < -0.39 is 0 Å². The Morgan fingerprint density at radius 1 is 1.04 bits per heavy atom. The van der Waals surface area contributed by atoms with Crippen molar-refractivity contribution in [2.24, 2.45) is 0 Å². The van der Waals surface area contributed by atoms with Crippen LogP contribution in [0.4, 0.5) is 0 Å². The second-order valence-electron chi connectivity index (χ2n) is 5.22. The number of nitrogens with zero attached hydrogens (tertiary/aromatic N) is 3. The largest absolute Gasteiger partial charge is 0.497 e. The molecule has 4 aromatic rings. The number of rotatable bonds is 2. The summed E-state index contributed by atoms with van der Waals surface area (Å²) in [4.78, 5) is 8.97. The zero-order valence-electron chi connectivity index (χ0n) is 12.5. The highest BCUT2D eigenvalue weighted by Crippen LogP contribution is 2.21. The summed E-state index contributed by atoms with van der Waals surface area (Å²) in [7, 11) is 1.61. The third-order valence-electron chi connectivity index (χ3n) is 3.83. The van der Waals surface area contributed by atoms with Gasteiger partial charge in [-0.05, 0) is 17.7 Å². The summed E-state index contributed by atoms with van der Waals surface area (Å²) in [5.41, 5.74) is 3.60. The fraction of sp³-hybridized carbons (Fsp3) is 0.0556. The highest BCUT2D eigenvalue weighted by atomic mass is 16.5. The van der Waals surface area contributed by atoms with Crippen molar-refractivity contribution < 1.29 is 4.74 Å². The lowest BCUT2D eigenvalue weighted by Crippen LogP contribution is -2.16. The van der Waals surface area contributed by atoms with Gasteiger partial charge in [-0.3, -0.25) is 9.81 Å². The molecule has 4 rings (SSSR count). The third-order valence-corrected chi connectivity index (χ3v) is 3.83. The standard InChI is InChI=1S/C18H14N4O/c1-23-14-7-8-22-16(10-14)21-18-15(17(22)19)9-13(11-20-18)12-5-3-2-4-6-12/h2-11,19H,1H3. The van der Waals surface area contributed by atoms with Crippen LogP contribution in [0.15, 0.2) is 60.9 Å². The van der Waals surface area contributed by atoms with Crippen LogP contribution in [0.2, 0.25) is 0 Å². The van der Waals surface area contributed by atoms with Gasteiger partial charge in [-0.2, -0.15) is 0 Å². The van der Waals surface area contributed by atoms with Crippen molar-refractivity contribution in [1.82, 2.24) is 14.4 Å². The summed E-state index contributed by atoms with van der Waals surface area (Å²) in [6.45, 7) is 0. The highest BCUT2D eigenvalue weighted by Gasteiger charge is 2.07. The van der Waals surface area contributed by atoms with Crippen LogP contribution in [0, 0.1) is 5.41 Å². The van der Waals surface area contributed by atoms with Crippen molar-refractivity contribution >= 4 is 16.7 Å². The van der Waals surface area contributed by atoms with E-state index >= 15 is 0 Å². The fourth-order valence-corrected chi connectivity index (χ4v) is 2.62. The maximum absolute atomic E-state index is 8.46. The molecule has 0 aliphatic carbocycles. The first kappa shape index (κ1) is 13.5. The zero-order valence-corrected chi connectivity index (χ0v) is 12.5. The first-order valence-corrected chi connectivity index (χ1v) is 7.22. The molecule has 0 saturated heterocycles. The van der Waals surface area contributed by atoms with Crippen LogP contribution >= 0.6 is 0 Å². The number of hydrogen-bond acceptors (Lipinski definition) is 4. The normalized spacial score (nSPS) is 11.0. The molecule has 0 atom stereocenters. The quantitative estimate of drug-likeness (QED) is 0.579. The molecule has 23 heavy (non-hydrogen) atoms. The average molecular weight is 302 g/mol. The average Bonchev–Trinajstić information content (AvgIpc) is 2.62. The number of nitrogens with one attached hydrogen (secondary N) is 1. The van der Waals surface area contributed by atoms with Crippen molar-refractivity contribution in [3.63, 3.8) is 0 Å². The molecule has 0 bridgehead atoms. The summed E-state index contributed by atoms with van der Waals surface area (Å²) in [5.74, 6) is 0.706. The minimum Gasteiger partial charge on any atom is -0.497 e. The van der Waals surface area contributed by atoms with Gasteiger partial charge in [-0.1, -0.05) is 30.3 Å². The second kappa shape index (κ2) is 5.21. The number of ether oxygens (including phenoxy) is 1. The van der Waals surface area contributed by atoms with Gasteiger partial charge >= 0.3 is 0 Å².